The van der Waals surface area contributed by atoms with Crippen LogP contribution in [0.4, 0.5) is 0 Å². The summed E-state index contributed by atoms with van der Waals surface area (Å²) in [6.45, 7) is 6.31. The van der Waals surface area contributed by atoms with Crippen LogP contribution in [0.3, 0.4) is 0 Å². The monoisotopic (exact) mass is 367 g/mol. The molecule has 8 heteroatoms. The van der Waals surface area contributed by atoms with Gasteiger partial charge in [0.05, 0.1) is 12.7 Å². The maximum Gasteiger partial charge on any atom is 0.223 e. The molecule has 7 nitrogen and oxygen atoms in total. The summed E-state index contributed by atoms with van der Waals surface area (Å²) in [5.74, 6) is 1.59. The van der Waals surface area contributed by atoms with E-state index in [0.29, 0.717) is 30.8 Å². The molecule has 1 saturated heterocycles. The molecule has 1 aromatic heterocycles. The van der Waals surface area contributed by atoms with Gasteiger partial charge < -0.3 is 19.9 Å². The van der Waals surface area contributed by atoms with Gasteiger partial charge in [-0.3, -0.25) is 0 Å². The van der Waals surface area contributed by atoms with Gasteiger partial charge in [0.1, 0.15) is 6.54 Å². The molecule has 1 aromatic rings. The molecule has 0 aromatic carbocycles. The van der Waals surface area contributed by atoms with Crippen LogP contribution in [-0.2, 0) is 11.3 Å². The van der Waals surface area contributed by atoms with Crippen molar-refractivity contribution in [2.24, 2.45) is 10.7 Å². The minimum atomic E-state index is 0. The number of nitrogens with zero attached hydrogens (tertiary/aromatic N) is 4. The van der Waals surface area contributed by atoms with Crippen molar-refractivity contribution in [2.75, 3.05) is 19.7 Å². The molecule has 1 aliphatic rings. The summed E-state index contributed by atoms with van der Waals surface area (Å²) < 4.78 is 10.3. The number of hydrogen-bond acceptors (Lipinski definition) is 5. The Morgan fingerprint density at radius 2 is 2.39 bits per heavy atom. The van der Waals surface area contributed by atoms with Gasteiger partial charge in [-0.1, -0.05) is 5.16 Å². The first-order chi connectivity index (χ1) is 8.15. The van der Waals surface area contributed by atoms with Crippen molar-refractivity contribution < 1.29 is 9.26 Å². The van der Waals surface area contributed by atoms with Crippen LogP contribution < -0.4 is 5.73 Å². The normalized spacial score (nSPS) is 20.7. The predicted octanol–water partition coefficient (Wildman–Crippen LogP) is 0.531. The molecule has 2 N–H and O–H groups in total. The maximum atomic E-state index is 5.90. The number of nitrogens with two attached hydrogens (primary N) is 1. The highest BCUT2D eigenvalue weighted by Crippen LogP contribution is 2.04. The molecule has 0 radical (unpaired) electrons. The van der Waals surface area contributed by atoms with E-state index < -0.39 is 0 Å². The standard InChI is InChI=1S/C10H17N5O2.HI/c1-7-6-15(3-4-16-7)10(11)12-5-9-13-8(2)17-14-9;/h7H,3-6H2,1-2H3,(H2,11,12);1H. The van der Waals surface area contributed by atoms with Crippen LogP contribution in [0.1, 0.15) is 18.6 Å². The van der Waals surface area contributed by atoms with Crippen LogP contribution in [-0.4, -0.2) is 46.8 Å². The number of ether oxygens (including phenoxy) is 1. The second-order valence-corrected chi connectivity index (χ2v) is 4.03. The molecule has 0 aliphatic carbocycles. The van der Waals surface area contributed by atoms with Crippen LogP contribution in [0.5, 0.6) is 0 Å². The van der Waals surface area contributed by atoms with Gasteiger partial charge in [0.25, 0.3) is 0 Å². The Balaban J connectivity index is 0.00000162. The number of morpholine rings is 1. The smallest absolute Gasteiger partial charge is 0.223 e. The molecule has 1 unspecified atom stereocenters. The van der Waals surface area contributed by atoms with Gasteiger partial charge in [-0.2, -0.15) is 4.98 Å². The fourth-order valence-electron chi connectivity index (χ4n) is 1.68. The summed E-state index contributed by atoms with van der Waals surface area (Å²) >= 11 is 0. The lowest BCUT2D eigenvalue weighted by Gasteiger charge is -2.31. The average molecular weight is 367 g/mol. The van der Waals surface area contributed by atoms with E-state index >= 15 is 0 Å². The Morgan fingerprint density at radius 3 is 3.00 bits per heavy atom. The molecule has 2 rings (SSSR count). The molecule has 0 amide bonds. The highest BCUT2D eigenvalue weighted by atomic mass is 127. The zero-order valence-electron chi connectivity index (χ0n) is 10.5. The molecule has 0 saturated carbocycles. The molecule has 18 heavy (non-hydrogen) atoms. The van der Waals surface area contributed by atoms with Gasteiger partial charge in [0.2, 0.25) is 5.89 Å². The maximum absolute atomic E-state index is 5.90. The van der Waals surface area contributed by atoms with Crippen LogP contribution in [0.2, 0.25) is 0 Å². The van der Waals surface area contributed by atoms with Crippen LogP contribution in [0, 0.1) is 6.92 Å². The van der Waals surface area contributed by atoms with Gasteiger partial charge in [-0.05, 0) is 6.92 Å². The quantitative estimate of drug-likeness (QED) is 0.466. The lowest BCUT2D eigenvalue weighted by atomic mass is 10.3. The van der Waals surface area contributed by atoms with Crippen molar-refractivity contribution in [1.29, 1.82) is 0 Å². The largest absolute Gasteiger partial charge is 0.375 e. The SMILES string of the molecule is Cc1nc(CN=C(N)N2CCOC(C)C2)no1.I. The summed E-state index contributed by atoms with van der Waals surface area (Å²) in [4.78, 5) is 10.3. The molecule has 102 valence electrons. The third-order valence-electron chi connectivity index (χ3n) is 2.52. The summed E-state index contributed by atoms with van der Waals surface area (Å²) in [5.41, 5.74) is 5.90. The van der Waals surface area contributed by atoms with Gasteiger partial charge in [0, 0.05) is 20.0 Å². The topological polar surface area (TPSA) is 89.8 Å². The van der Waals surface area contributed by atoms with Crippen molar-refractivity contribution in [1.82, 2.24) is 15.0 Å². The van der Waals surface area contributed by atoms with Crippen molar-refractivity contribution in [3.05, 3.63) is 11.7 Å². The molecule has 1 atom stereocenters. The Morgan fingerprint density at radius 1 is 1.61 bits per heavy atom. The third-order valence-corrected chi connectivity index (χ3v) is 2.52. The van der Waals surface area contributed by atoms with Crippen LogP contribution >= 0.6 is 24.0 Å². The second kappa shape index (κ2) is 6.88. The zero-order chi connectivity index (χ0) is 12.3. The van der Waals surface area contributed by atoms with E-state index in [1.807, 2.05) is 11.8 Å². The Bertz CT molecular complexity index is 409. The first-order valence-electron chi connectivity index (χ1n) is 5.61. The fourth-order valence-corrected chi connectivity index (χ4v) is 1.68. The fraction of sp³-hybridized carbons (Fsp3) is 0.700. The minimum Gasteiger partial charge on any atom is -0.375 e. The summed E-state index contributed by atoms with van der Waals surface area (Å²) in [6.07, 6.45) is 0.185. The highest BCUT2D eigenvalue weighted by molar-refractivity contribution is 14.0. The summed E-state index contributed by atoms with van der Waals surface area (Å²) in [5, 5.41) is 3.76. The first kappa shape index (κ1) is 15.2. The van der Waals surface area contributed by atoms with E-state index in [1.165, 1.54) is 0 Å². The number of rotatable bonds is 2. The van der Waals surface area contributed by atoms with Crippen LogP contribution in [0.15, 0.2) is 9.52 Å². The van der Waals surface area contributed by atoms with E-state index in [0.717, 1.165) is 13.1 Å². The third kappa shape index (κ3) is 4.09. The number of hydrogen-bond donors (Lipinski definition) is 1. The van der Waals surface area contributed by atoms with Crippen molar-refractivity contribution in [2.45, 2.75) is 26.5 Å². The molecular formula is C10H18IN5O2. The number of aliphatic imine (C=N–C) groups is 1. The Kier molecular flexibility index (Phi) is 5.79. The molecular weight excluding hydrogens is 349 g/mol. The van der Waals surface area contributed by atoms with E-state index in [2.05, 4.69) is 15.1 Å². The Labute approximate surface area is 123 Å². The summed E-state index contributed by atoms with van der Waals surface area (Å²) in [7, 11) is 0. The van der Waals surface area contributed by atoms with Gasteiger partial charge in [-0.25, -0.2) is 4.99 Å². The first-order valence-corrected chi connectivity index (χ1v) is 5.61. The number of halogens is 1. The van der Waals surface area contributed by atoms with E-state index in [1.54, 1.807) is 6.92 Å². The second-order valence-electron chi connectivity index (χ2n) is 4.03. The number of guanidine groups is 1. The van der Waals surface area contributed by atoms with Crippen molar-refractivity contribution >= 4 is 29.9 Å². The number of aryl methyl sites for hydroxylation is 1. The minimum absolute atomic E-state index is 0. The van der Waals surface area contributed by atoms with Gasteiger partial charge in [0.15, 0.2) is 11.8 Å². The van der Waals surface area contributed by atoms with Gasteiger partial charge in [-0.15, -0.1) is 24.0 Å². The van der Waals surface area contributed by atoms with Crippen molar-refractivity contribution in [3.8, 4) is 0 Å². The predicted molar refractivity (Wildman–Crippen MR) is 76.8 cm³/mol. The Hall–Kier alpha value is -0.900. The van der Waals surface area contributed by atoms with Gasteiger partial charge >= 0.3 is 0 Å². The van der Waals surface area contributed by atoms with E-state index in [-0.39, 0.29) is 30.1 Å². The zero-order valence-corrected chi connectivity index (χ0v) is 12.8. The molecule has 0 bridgehead atoms. The van der Waals surface area contributed by atoms with E-state index in [4.69, 9.17) is 15.0 Å². The lowest BCUT2D eigenvalue weighted by molar-refractivity contribution is 0.00528. The van der Waals surface area contributed by atoms with Crippen LogP contribution in [0.25, 0.3) is 0 Å². The summed E-state index contributed by atoms with van der Waals surface area (Å²) in [6, 6.07) is 0. The highest BCUT2D eigenvalue weighted by Gasteiger charge is 2.18. The molecule has 2 heterocycles. The molecule has 0 spiro atoms. The lowest BCUT2D eigenvalue weighted by Crippen LogP contribution is -2.47. The number of aromatic nitrogens is 2. The van der Waals surface area contributed by atoms with Crippen molar-refractivity contribution in [3.63, 3.8) is 0 Å². The molecule has 1 aliphatic heterocycles. The molecule has 1 fully saturated rings. The average Bonchev–Trinajstić information content (AvgIpc) is 2.72. The van der Waals surface area contributed by atoms with E-state index in [9.17, 15) is 0 Å².